The summed E-state index contributed by atoms with van der Waals surface area (Å²) in [4.78, 5) is 26.3. The molecule has 150 valence electrons. The molecule has 0 aliphatic heterocycles. The monoisotopic (exact) mass is 421 g/mol. The first-order valence-electron chi connectivity index (χ1n) is 9.13. The number of sulfone groups is 1. The van der Waals surface area contributed by atoms with E-state index in [4.69, 9.17) is 4.74 Å². The van der Waals surface area contributed by atoms with Crippen molar-refractivity contribution >= 4 is 38.1 Å². The normalized spacial score (nSPS) is 16.3. The molecule has 0 unspecified atom stereocenters. The lowest BCUT2D eigenvalue weighted by atomic mass is 9.88. The van der Waals surface area contributed by atoms with E-state index < -0.39 is 21.7 Å². The first-order chi connectivity index (χ1) is 13.3. The maximum Gasteiger partial charge on any atom is 0.341 e. The smallest absolute Gasteiger partial charge is 0.341 e. The Morgan fingerprint density at radius 2 is 1.93 bits per heavy atom. The predicted octanol–water partition coefficient (Wildman–Crippen LogP) is 3.71. The number of thiophene rings is 1. The molecule has 1 aromatic heterocycles. The van der Waals surface area contributed by atoms with Crippen molar-refractivity contribution in [1.29, 1.82) is 0 Å². The van der Waals surface area contributed by atoms with Crippen molar-refractivity contribution in [2.24, 2.45) is 5.92 Å². The predicted molar refractivity (Wildman–Crippen MR) is 109 cm³/mol. The molecule has 1 amide bonds. The Kier molecular flexibility index (Phi) is 5.90. The standard InChI is InChI=1S/C20H23NO5S2/c1-4-28(24,25)14-8-6-13(7-9-14)18(22)21-19-17(20(23)26-3)15-10-5-12(2)11-16(15)27-19/h6-9,12H,4-5,10-11H2,1-3H3,(H,21,22)/t12-/m0/s1. The van der Waals surface area contributed by atoms with Crippen LogP contribution in [-0.2, 0) is 27.4 Å². The average Bonchev–Trinajstić information content (AvgIpc) is 3.04. The molecule has 1 aliphatic rings. The Balaban J connectivity index is 1.89. The zero-order chi connectivity index (χ0) is 20.5. The van der Waals surface area contributed by atoms with Crippen LogP contribution in [0.1, 0.15) is 51.4 Å². The number of fused-ring (bicyclic) bond motifs is 1. The number of nitrogens with one attached hydrogen (secondary N) is 1. The van der Waals surface area contributed by atoms with Crippen LogP contribution in [0.15, 0.2) is 29.2 Å². The van der Waals surface area contributed by atoms with Crippen molar-refractivity contribution < 1.29 is 22.7 Å². The number of carbonyl (C=O) groups is 2. The molecule has 0 fully saturated rings. The van der Waals surface area contributed by atoms with Crippen LogP contribution in [0.3, 0.4) is 0 Å². The second-order valence-corrected chi connectivity index (χ2v) is 10.3. The summed E-state index contributed by atoms with van der Waals surface area (Å²) >= 11 is 1.41. The molecular weight excluding hydrogens is 398 g/mol. The number of esters is 1. The highest BCUT2D eigenvalue weighted by Gasteiger charge is 2.29. The van der Waals surface area contributed by atoms with Crippen LogP contribution >= 0.6 is 11.3 Å². The van der Waals surface area contributed by atoms with Gasteiger partial charge in [-0.1, -0.05) is 13.8 Å². The first kappa shape index (κ1) is 20.5. The highest BCUT2D eigenvalue weighted by Crippen LogP contribution is 2.40. The topological polar surface area (TPSA) is 89.5 Å². The number of amides is 1. The molecule has 1 atom stereocenters. The summed E-state index contributed by atoms with van der Waals surface area (Å²) in [6.45, 7) is 3.74. The van der Waals surface area contributed by atoms with Gasteiger partial charge in [0.05, 0.1) is 23.3 Å². The lowest BCUT2D eigenvalue weighted by molar-refractivity contribution is 0.0601. The van der Waals surface area contributed by atoms with Gasteiger partial charge in [-0.3, -0.25) is 4.79 Å². The van der Waals surface area contributed by atoms with E-state index in [1.54, 1.807) is 6.92 Å². The minimum atomic E-state index is -3.32. The zero-order valence-electron chi connectivity index (χ0n) is 16.1. The second kappa shape index (κ2) is 8.05. The average molecular weight is 422 g/mol. The highest BCUT2D eigenvalue weighted by atomic mass is 32.2. The van der Waals surface area contributed by atoms with Crippen molar-refractivity contribution in [3.05, 3.63) is 45.8 Å². The molecule has 0 saturated heterocycles. The van der Waals surface area contributed by atoms with Gasteiger partial charge < -0.3 is 10.1 Å². The fraction of sp³-hybridized carbons (Fsp3) is 0.400. The summed E-state index contributed by atoms with van der Waals surface area (Å²) in [6, 6.07) is 5.81. The number of methoxy groups -OCH3 is 1. The fourth-order valence-corrected chi connectivity index (χ4v) is 5.59. The molecule has 8 heteroatoms. The van der Waals surface area contributed by atoms with Gasteiger partial charge in [-0.25, -0.2) is 13.2 Å². The number of benzene rings is 1. The Morgan fingerprint density at radius 3 is 2.54 bits per heavy atom. The molecule has 0 saturated carbocycles. The van der Waals surface area contributed by atoms with Gasteiger partial charge in [-0.2, -0.15) is 0 Å². The molecule has 1 N–H and O–H groups in total. The van der Waals surface area contributed by atoms with E-state index >= 15 is 0 Å². The lowest BCUT2D eigenvalue weighted by Gasteiger charge is -2.18. The summed E-state index contributed by atoms with van der Waals surface area (Å²) in [6.07, 6.45) is 2.66. The van der Waals surface area contributed by atoms with E-state index in [2.05, 4.69) is 12.2 Å². The molecule has 28 heavy (non-hydrogen) atoms. The first-order valence-corrected chi connectivity index (χ1v) is 11.6. The quantitative estimate of drug-likeness (QED) is 0.744. The number of hydrogen-bond acceptors (Lipinski definition) is 6. The maximum absolute atomic E-state index is 12.7. The summed E-state index contributed by atoms with van der Waals surface area (Å²) in [5.74, 6) is -0.308. The van der Waals surface area contributed by atoms with Gasteiger partial charge in [-0.15, -0.1) is 11.3 Å². The summed E-state index contributed by atoms with van der Waals surface area (Å²) < 4.78 is 28.8. The van der Waals surface area contributed by atoms with Crippen LogP contribution in [0.25, 0.3) is 0 Å². The van der Waals surface area contributed by atoms with E-state index in [0.29, 0.717) is 22.0 Å². The molecule has 6 nitrogen and oxygen atoms in total. The van der Waals surface area contributed by atoms with Gasteiger partial charge in [-0.05, 0) is 55.0 Å². The summed E-state index contributed by atoms with van der Waals surface area (Å²) in [7, 11) is -1.99. The number of hydrogen-bond donors (Lipinski definition) is 1. The van der Waals surface area contributed by atoms with Crippen molar-refractivity contribution in [3.63, 3.8) is 0 Å². The second-order valence-electron chi connectivity index (χ2n) is 6.93. The summed E-state index contributed by atoms with van der Waals surface area (Å²) in [5, 5.41) is 3.30. The van der Waals surface area contributed by atoms with Gasteiger partial charge in [0, 0.05) is 10.4 Å². The number of rotatable bonds is 5. The molecule has 1 aromatic carbocycles. The molecular formula is C20H23NO5S2. The van der Waals surface area contributed by atoms with Gasteiger partial charge in [0.25, 0.3) is 5.91 Å². The molecule has 2 aromatic rings. The van der Waals surface area contributed by atoms with Gasteiger partial charge in [0.1, 0.15) is 5.00 Å². The molecule has 0 bridgehead atoms. The van der Waals surface area contributed by atoms with Crippen LogP contribution in [0, 0.1) is 5.92 Å². The molecule has 3 rings (SSSR count). The zero-order valence-corrected chi connectivity index (χ0v) is 17.7. The molecule has 0 radical (unpaired) electrons. The van der Waals surface area contributed by atoms with Crippen LogP contribution < -0.4 is 5.32 Å². The minimum absolute atomic E-state index is 0.000203. The third-order valence-electron chi connectivity index (χ3n) is 4.98. The van der Waals surface area contributed by atoms with E-state index in [0.717, 1.165) is 29.7 Å². The van der Waals surface area contributed by atoms with Crippen molar-refractivity contribution in [2.75, 3.05) is 18.2 Å². The van der Waals surface area contributed by atoms with E-state index in [1.807, 2.05) is 0 Å². The molecule has 1 heterocycles. The van der Waals surface area contributed by atoms with Crippen LogP contribution in [-0.4, -0.2) is 33.2 Å². The van der Waals surface area contributed by atoms with Gasteiger partial charge in [0.15, 0.2) is 9.84 Å². The number of anilines is 1. The van der Waals surface area contributed by atoms with Crippen molar-refractivity contribution in [1.82, 2.24) is 0 Å². The third-order valence-corrected chi connectivity index (χ3v) is 7.90. The minimum Gasteiger partial charge on any atom is -0.465 e. The number of ether oxygens (including phenoxy) is 1. The SMILES string of the molecule is CCS(=O)(=O)c1ccc(C(=O)Nc2sc3c(c2C(=O)OC)CC[C@H](C)C3)cc1. The Hall–Kier alpha value is -2.19. The van der Waals surface area contributed by atoms with E-state index in [-0.39, 0.29) is 10.6 Å². The molecule has 0 spiro atoms. The van der Waals surface area contributed by atoms with E-state index in [1.165, 1.54) is 42.7 Å². The largest absolute Gasteiger partial charge is 0.465 e. The van der Waals surface area contributed by atoms with Gasteiger partial charge in [0.2, 0.25) is 0 Å². The van der Waals surface area contributed by atoms with Crippen molar-refractivity contribution in [3.8, 4) is 0 Å². The Bertz CT molecular complexity index is 1010. The van der Waals surface area contributed by atoms with Crippen molar-refractivity contribution in [2.45, 2.75) is 38.0 Å². The van der Waals surface area contributed by atoms with E-state index in [9.17, 15) is 18.0 Å². The maximum atomic E-state index is 12.7. The molecule has 1 aliphatic carbocycles. The highest BCUT2D eigenvalue weighted by molar-refractivity contribution is 7.91. The lowest BCUT2D eigenvalue weighted by Crippen LogP contribution is -2.16. The Labute approximate surface area is 168 Å². The number of carbonyl (C=O) groups excluding carboxylic acids is 2. The third kappa shape index (κ3) is 3.98. The van der Waals surface area contributed by atoms with Crippen LogP contribution in [0.5, 0.6) is 0 Å². The van der Waals surface area contributed by atoms with Crippen LogP contribution in [0.4, 0.5) is 5.00 Å². The fourth-order valence-electron chi connectivity index (χ4n) is 3.31. The summed E-state index contributed by atoms with van der Waals surface area (Å²) in [5.41, 5.74) is 1.73. The van der Waals surface area contributed by atoms with Crippen LogP contribution in [0.2, 0.25) is 0 Å². The van der Waals surface area contributed by atoms with Gasteiger partial charge >= 0.3 is 5.97 Å². The Morgan fingerprint density at radius 1 is 1.25 bits per heavy atom.